The molecule has 0 aromatic heterocycles. The van der Waals surface area contributed by atoms with E-state index < -0.39 is 48.2 Å². The van der Waals surface area contributed by atoms with Crippen LogP contribution in [0.25, 0.3) is 0 Å². The summed E-state index contributed by atoms with van der Waals surface area (Å²) < 4.78 is 0. The fourth-order valence-corrected chi connectivity index (χ4v) is 2.36. The second-order valence-corrected chi connectivity index (χ2v) is 6.46. The summed E-state index contributed by atoms with van der Waals surface area (Å²) in [5, 5.41) is 13.7. The zero-order valence-corrected chi connectivity index (χ0v) is 16.3. The van der Waals surface area contributed by atoms with E-state index in [9.17, 15) is 19.2 Å². The molecule has 0 saturated heterocycles. The first kappa shape index (κ1) is 26.1. The number of hydrogen-bond donors (Lipinski definition) is 8. The highest BCUT2D eigenvalue weighted by Crippen LogP contribution is 2.03. The minimum absolute atomic E-state index is 0.114. The van der Waals surface area contributed by atoms with Crippen molar-refractivity contribution in [2.45, 2.75) is 56.7 Å². The first-order valence-electron chi connectivity index (χ1n) is 9.21. The van der Waals surface area contributed by atoms with Crippen LogP contribution in [-0.4, -0.2) is 66.0 Å². The Labute approximate surface area is 168 Å². The number of primary amides is 1. The molecule has 0 aromatic carbocycles. The van der Waals surface area contributed by atoms with Gasteiger partial charge in [0.25, 0.3) is 0 Å². The van der Waals surface area contributed by atoms with Gasteiger partial charge < -0.3 is 44.4 Å². The summed E-state index contributed by atoms with van der Waals surface area (Å²) in [7, 11) is 0. The van der Waals surface area contributed by atoms with E-state index in [4.69, 9.17) is 33.8 Å². The lowest BCUT2D eigenvalue weighted by atomic mass is 10.1. The summed E-state index contributed by atoms with van der Waals surface area (Å²) in [5.74, 6) is -3.78. The second-order valence-electron chi connectivity index (χ2n) is 6.46. The first-order valence-corrected chi connectivity index (χ1v) is 9.21. The molecular weight excluding hydrogens is 384 g/mol. The van der Waals surface area contributed by atoms with Gasteiger partial charge in [0.2, 0.25) is 17.7 Å². The molecule has 0 aromatic rings. The van der Waals surface area contributed by atoms with Crippen molar-refractivity contribution in [2.24, 2.45) is 33.7 Å². The van der Waals surface area contributed by atoms with Crippen molar-refractivity contribution in [3.8, 4) is 0 Å². The zero-order valence-electron chi connectivity index (χ0n) is 16.3. The summed E-state index contributed by atoms with van der Waals surface area (Å²) in [6, 6.07) is -3.42. The topological polar surface area (TPSA) is 255 Å². The van der Waals surface area contributed by atoms with Crippen molar-refractivity contribution in [1.82, 2.24) is 10.6 Å². The third kappa shape index (κ3) is 12.2. The monoisotopic (exact) mass is 416 g/mol. The average Bonchev–Trinajstić information content (AvgIpc) is 2.62. The van der Waals surface area contributed by atoms with Crippen LogP contribution in [0.2, 0.25) is 0 Å². The molecule has 0 unspecified atom stereocenters. The number of aliphatic imine (C=N–C) groups is 1. The van der Waals surface area contributed by atoms with Crippen molar-refractivity contribution in [3.63, 3.8) is 0 Å². The minimum atomic E-state index is -1.42. The van der Waals surface area contributed by atoms with Crippen LogP contribution in [0.1, 0.15) is 38.5 Å². The van der Waals surface area contributed by atoms with Gasteiger partial charge in [-0.3, -0.25) is 24.2 Å². The van der Waals surface area contributed by atoms with E-state index in [0.29, 0.717) is 32.2 Å². The molecule has 0 radical (unpaired) electrons. The highest BCUT2D eigenvalue weighted by atomic mass is 16.4. The van der Waals surface area contributed by atoms with Crippen molar-refractivity contribution < 1.29 is 24.3 Å². The lowest BCUT2D eigenvalue weighted by Crippen LogP contribution is -2.55. The predicted molar refractivity (Wildman–Crippen MR) is 106 cm³/mol. The molecule has 0 heterocycles. The highest BCUT2D eigenvalue weighted by Gasteiger charge is 2.28. The number of nitrogens with two attached hydrogens (primary N) is 5. The number of carboxylic acids is 1. The standard InChI is InChI=1S/C16H32N8O5/c17-6-2-1-4-9(18)14(28)24-11(8-12(25)26)15(29)23-10(13(19)27)5-3-7-22-16(20)21/h9-11H,1-8,17-18H2,(H2,19,27)(H,23,29)(H,24,28)(H,25,26)(H4,20,21,22)/t9-,10-,11-/m0/s1. The van der Waals surface area contributed by atoms with Crippen LogP contribution in [0.4, 0.5) is 0 Å². The van der Waals surface area contributed by atoms with Crippen molar-refractivity contribution in [3.05, 3.63) is 0 Å². The number of carbonyl (C=O) groups excluding carboxylic acids is 3. The third-order valence-electron chi connectivity index (χ3n) is 3.92. The second kappa shape index (κ2) is 14.1. The van der Waals surface area contributed by atoms with E-state index >= 15 is 0 Å². The minimum Gasteiger partial charge on any atom is -0.481 e. The molecular formula is C16H32N8O5. The molecule has 29 heavy (non-hydrogen) atoms. The molecule has 166 valence electrons. The Morgan fingerprint density at radius 3 is 2.03 bits per heavy atom. The Bertz CT molecular complexity index is 594. The molecule has 3 atom stereocenters. The van der Waals surface area contributed by atoms with Gasteiger partial charge in [-0.05, 0) is 32.2 Å². The SMILES string of the molecule is NCCCC[C@H](N)C(=O)N[C@@H](CC(=O)O)C(=O)N[C@@H](CCCN=C(N)N)C(N)=O. The van der Waals surface area contributed by atoms with Crippen LogP contribution in [0.3, 0.4) is 0 Å². The van der Waals surface area contributed by atoms with Crippen molar-refractivity contribution >= 4 is 29.7 Å². The predicted octanol–water partition coefficient (Wildman–Crippen LogP) is -3.57. The number of aliphatic carboxylic acids is 1. The van der Waals surface area contributed by atoms with Gasteiger partial charge in [-0.2, -0.15) is 0 Å². The zero-order chi connectivity index (χ0) is 22.4. The van der Waals surface area contributed by atoms with Crippen LogP contribution >= 0.6 is 0 Å². The maximum absolute atomic E-state index is 12.4. The summed E-state index contributed by atoms with van der Waals surface area (Å²) in [4.78, 5) is 51.0. The molecule has 13 heteroatoms. The number of rotatable bonds is 15. The number of nitrogens with zero attached hydrogens (tertiary/aromatic N) is 1. The molecule has 0 bridgehead atoms. The third-order valence-corrected chi connectivity index (χ3v) is 3.92. The first-order chi connectivity index (χ1) is 13.6. The van der Waals surface area contributed by atoms with Crippen LogP contribution in [0.15, 0.2) is 4.99 Å². The normalized spacial score (nSPS) is 13.6. The average molecular weight is 416 g/mol. The Kier molecular flexibility index (Phi) is 12.7. The summed E-state index contributed by atoms with van der Waals surface area (Å²) >= 11 is 0. The van der Waals surface area contributed by atoms with Gasteiger partial charge in [0.1, 0.15) is 12.1 Å². The molecule has 0 saturated carbocycles. The maximum atomic E-state index is 12.4. The number of unbranched alkanes of at least 4 members (excludes halogenated alkanes) is 1. The molecule has 0 spiro atoms. The molecule has 0 rings (SSSR count). The van der Waals surface area contributed by atoms with E-state index in [-0.39, 0.29) is 18.9 Å². The van der Waals surface area contributed by atoms with Crippen LogP contribution < -0.4 is 39.3 Å². The van der Waals surface area contributed by atoms with E-state index in [1.54, 1.807) is 0 Å². The lowest BCUT2D eigenvalue weighted by Gasteiger charge is -2.22. The molecule has 0 fully saturated rings. The summed E-state index contributed by atoms with van der Waals surface area (Å²) in [5.41, 5.74) is 26.8. The fraction of sp³-hybridized carbons (Fsp3) is 0.688. The Morgan fingerprint density at radius 1 is 0.897 bits per heavy atom. The lowest BCUT2D eigenvalue weighted by molar-refractivity contribution is -0.141. The molecule has 0 aliphatic carbocycles. The Balaban J connectivity index is 4.93. The van der Waals surface area contributed by atoms with E-state index in [1.165, 1.54) is 0 Å². The molecule has 0 aliphatic heterocycles. The van der Waals surface area contributed by atoms with Crippen LogP contribution in [0, 0.1) is 0 Å². The molecule has 0 aliphatic rings. The number of guanidine groups is 1. The van der Waals surface area contributed by atoms with Gasteiger partial charge in [-0.25, -0.2) is 0 Å². The van der Waals surface area contributed by atoms with Gasteiger partial charge in [0, 0.05) is 6.54 Å². The smallest absolute Gasteiger partial charge is 0.305 e. The number of hydrogen-bond acceptors (Lipinski definition) is 7. The Morgan fingerprint density at radius 2 is 1.52 bits per heavy atom. The summed E-state index contributed by atoms with van der Waals surface area (Å²) in [6.07, 6.45) is 1.41. The Hall–Kier alpha value is -2.93. The van der Waals surface area contributed by atoms with Crippen molar-refractivity contribution in [1.29, 1.82) is 0 Å². The number of carboxylic acid groups (broad SMARTS) is 1. The van der Waals surface area contributed by atoms with Crippen molar-refractivity contribution in [2.75, 3.05) is 13.1 Å². The van der Waals surface area contributed by atoms with Gasteiger partial charge in [-0.15, -0.1) is 0 Å². The number of carbonyl (C=O) groups is 4. The quantitative estimate of drug-likeness (QED) is 0.0744. The van der Waals surface area contributed by atoms with Crippen LogP contribution in [0.5, 0.6) is 0 Å². The van der Waals surface area contributed by atoms with Gasteiger partial charge in [0.15, 0.2) is 5.96 Å². The summed E-state index contributed by atoms with van der Waals surface area (Å²) in [6.45, 7) is 0.672. The number of amides is 3. The van der Waals surface area contributed by atoms with E-state index in [1.807, 2.05) is 0 Å². The molecule has 3 amide bonds. The van der Waals surface area contributed by atoms with E-state index in [0.717, 1.165) is 0 Å². The fourth-order valence-electron chi connectivity index (χ4n) is 2.36. The van der Waals surface area contributed by atoms with Gasteiger partial charge in [-0.1, -0.05) is 6.42 Å². The molecule has 13 nitrogen and oxygen atoms in total. The number of nitrogens with one attached hydrogen (secondary N) is 2. The van der Waals surface area contributed by atoms with E-state index in [2.05, 4.69) is 15.6 Å². The maximum Gasteiger partial charge on any atom is 0.305 e. The molecule has 13 N–H and O–H groups in total. The van der Waals surface area contributed by atoms with Crippen LogP contribution in [-0.2, 0) is 19.2 Å². The van der Waals surface area contributed by atoms with Gasteiger partial charge in [0.05, 0.1) is 12.5 Å². The van der Waals surface area contributed by atoms with Gasteiger partial charge >= 0.3 is 5.97 Å². The highest BCUT2D eigenvalue weighted by molar-refractivity contribution is 5.94. The largest absolute Gasteiger partial charge is 0.481 e.